The van der Waals surface area contributed by atoms with Gasteiger partial charge < -0.3 is 4.42 Å². The van der Waals surface area contributed by atoms with Crippen LogP contribution in [0.1, 0.15) is 49.8 Å². The molecule has 0 atom stereocenters. The van der Waals surface area contributed by atoms with E-state index in [1.54, 1.807) is 31.4 Å². The Morgan fingerprint density at radius 1 is 1.00 bits per heavy atom. The fourth-order valence-electron chi connectivity index (χ4n) is 3.93. The highest BCUT2D eigenvalue weighted by molar-refractivity contribution is 6.06. The maximum Gasteiger partial charge on any atom is 0.175 e. The van der Waals surface area contributed by atoms with Gasteiger partial charge in [0.25, 0.3) is 0 Å². The standard InChI is InChI=1S/C30H29NO/c1-20-15-16-31(19-26(20)23-14-13-22(17-21(23)2)18-30(3,4)5)27-11-8-10-25-24-9-6-7-12-28(24)32-29(25)27/h6-15,17,19H,18H2,1-5H3/i1D3,2D3,14D,18D2. The van der Waals surface area contributed by atoms with E-state index >= 15 is 0 Å². The largest absolute Gasteiger partial charge is 0.459 e. The molecule has 0 unspecified atom stereocenters. The predicted octanol–water partition coefficient (Wildman–Crippen LogP) is 7.54. The number of aromatic nitrogens is 1. The molecule has 32 heavy (non-hydrogen) atoms. The summed E-state index contributed by atoms with van der Waals surface area (Å²) in [5.41, 5.74) is 0.388. The number of rotatable bonds is 3. The lowest BCUT2D eigenvalue weighted by Gasteiger charge is -2.20. The van der Waals surface area contributed by atoms with Crippen molar-refractivity contribution in [3.63, 3.8) is 0 Å². The Balaban J connectivity index is 1.83. The van der Waals surface area contributed by atoms with Crippen molar-refractivity contribution in [1.29, 1.82) is 0 Å². The molecule has 0 aliphatic carbocycles. The van der Waals surface area contributed by atoms with Crippen LogP contribution < -0.4 is 4.57 Å². The lowest BCUT2D eigenvalue weighted by Crippen LogP contribution is -2.31. The van der Waals surface area contributed by atoms with Crippen molar-refractivity contribution in [2.75, 3.05) is 0 Å². The van der Waals surface area contributed by atoms with E-state index in [0.29, 0.717) is 16.9 Å². The van der Waals surface area contributed by atoms with Crippen LogP contribution in [0.25, 0.3) is 38.8 Å². The Morgan fingerprint density at radius 2 is 1.81 bits per heavy atom. The van der Waals surface area contributed by atoms with Crippen LogP contribution in [0, 0.1) is 25.3 Å². The van der Waals surface area contributed by atoms with Gasteiger partial charge in [0, 0.05) is 21.7 Å². The first-order valence-electron chi connectivity index (χ1n) is 15.0. The van der Waals surface area contributed by atoms with Gasteiger partial charge >= 0.3 is 0 Å². The molecule has 0 radical (unpaired) electrons. The van der Waals surface area contributed by atoms with E-state index in [1.165, 1.54) is 24.4 Å². The van der Waals surface area contributed by atoms with E-state index in [0.717, 1.165) is 10.8 Å². The molecule has 5 aromatic rings. The van der Waals surface area contributed by atoms with Crippen molar-refractivity contribution in [2.45, 2.75) is 40.8 Å². The number of pyridine rings is 1. The van der Waals surface area contributed by atoms with Gasteiger partial charge in [-0.1, -0.05) is 82.2 Å². The molecule has 0 aliphatic heterocycles. The van der Waals surface area contributed by atoms with E-state index in [9.17, 15) is 0 Å². The van der Waals surface area contributed by atoms with Gasteiger partial charge in [0.2, 0.25) is 0 Å². The van der Waals surface area contributed by atoms with Crippen LogP contribution in [0.4, 0.5) is 0 Å². The molecule has 2 aromatic heterocycles. The SMILES string of the molecule is [2H]c1cc(C([2H])([2H])C(C)(C)C)cc(C([2H])([2H])[2H])c1-c1c[n+](-c2cccc3c2oc2ccccc23)[c-]cc1C([2H])([2H])[2H]. The summed E-state index contributed by atoms with van der Waals surface area (Å²) in [7, 11) is 0. The Labute approximate surface area is 202 Å². The summed E-state index contributed by atoms with van der Waals surface area (Å²) in [5, 5.41) is 1.75. The van der Waals surface area contributed by atoms with E-state index in [4.69, 9.17) is 16.8 Å². The van der Waals surface area contributed by atoms with Gasteiger partial charge in [-0.05, 0) is 53.0 Å². The van der Waals surface area contributed by atoms with E-state index in [2.05, 4.69) is 6.20 Å². The quantitative estimate of drug-likeness (QED) is 0.214. The second kappa shape index (κ2) is 7.63. The fraction of sp³-hybridized carbons (Fsp3) is 0.233. The summed E-state index contributed by atoms with van der Waals surface area (Å²) in [4.78, 5) is 0. The van der Waals surface area contributed by atoms with Crippen molar-refractivity contribution in [3.05, 3.63) is 95.8 Å². The molecule has 0 fully saturated rings. The van der Waals surface area contributed by atoms with Crippen molar-refractivity contribution < 1.29 is 21.3 Å². The van der Waals surface area contributed by atoms with Crippen LogP contribution >= 0.6 is 0 Å². The highest BCUT2D eigenvalue weighted by Gasteiger charge is 2.16. The zero-order chi connectivity index (χ0) is 30.1. The van der Waals surface area contributed by atoms with Gasteiger partial charge in [0.1, 0.15) is 5.58 Å². The van der Waals surface area contributed by atoms with Crippen LogP contribution in [0.3, 0.4) is 0 Å². The molecular formula is C30H29NO. The van der Waals surface area contributed by atoms with E-state index in [1.807, 2.05) is 36.4 Å². The number of nitrogens with zero attached hydrogens (tertiary/aromatic N) is 1. The van der Waals surface area contributed by atoms with Gasteiger partial charge in [-0.25, -0.2) is 0 Å². The van der Waals surface area contributed by atoms with Gasteiger partial charge in [0.15, 0.2) is 17.5 Å². The third-order valence-corrected chi connectivity index (χ3v) is 5.27. The predicted molar refractivity (Wildman–Crippen MR) is 132 cm³/mol. The fourth-order valence-corrected chi connectivity index (χ4v) is 3.93. The third kappa shape index (κ3) is 3.71. The number of benzene rings is 3. The number of aryl methyl sites for hydroxylation is 2. The number of fused-ring (bicyclic) bond motifs is 3. The maximum atomic E-state index is 8.90. The lowest BCUT2D eigenvalue weighted by molar-refractivity contribution is -0.598. The van der Waals surface area contributed by atoms with E-state index < -0.39 is 25.5 Å². The van der Waals surface area contributed by atoms with Crippen molar-refractivity contribution in [3.8, 4) is 16.8 Å². The highest BCUT2D eigenvalue weighted by atomic mass is 16.3. The summed E-state index contributed by atoms with van der Waals surface area (Å²) < 4.78 is 83.4. The summed E-state index contributed by atoms with van der Waals surface area (Å²) in [6, 6.07) is 16.6. The smallest absolute Gasteiger partial charge is 0.175 e. The maximum absolute atomic E-state index is 8.90. The first kappa shape index (κ1) is 12.6. The lowest BCUT2D eigenvalue weighted by atomic mass is 9.86. The Morgan fingerprint density at radius 3 is 2.62 bits per heavy atom. The average molecular weight is 429 g/mol. The molecule has 2 heteroatoms. The van der Waals surface area contributed by atoms with Crippen molar-refractivity contribution in [1.82, 2.24) is 0 Å². The summed E-state index contributed by atoms with van der Waals surface area (Å²) >= 11 is 0. The highest BCUT2D eigenvalue weighted by Crippen LogP contribution is 2.32. The first-order valence-corrected chi connectivity index (χ1v) is 10.5. The number of furan rings is 1. The molecule has 2 nitrogen and oxygen atoms in total. The third-order valence-electron chi connectivity index (χ3n) is 5.27. The minimum Gasteiger partial charge on any atom is -0.459 e. The monoisotopic (exact) mass is 428 g/mol. The van der Waals surface area contributed by atoms with Crippen molar-refractivity contribution >= 4 is 21.9 Å². The zero-order valence-corrected chi connectivity index (χ0v) is 18.2. The number of hydrogen-bond acceptors (Lipinski definition) is 1. The van der Waals surface area contributed by atoms with Crippen LogP contribution in [0.5, 0.6) is 0 Å². The molecule has 0 amide bonds. The number of para-hydroxylation sites is 2. The summed E-state index contributed by atoms with van der Waals surface area (Å²) in [6.07, 6.45) is 2.47. The van der Waals surface area contributed by atoms with E-state index in [-0.39, 0.29) is 33.9 Å². The molecule has 0 N–H and O–H groups in total. The molecule has 160 valence electrons. The molecular weight excluding hydrogens is 390 g/mol. The minimum absolute atomic E-state index is 0.0239. The minimum atomic E-state index is -2.76. The molecule has 0 spiro atoms. The molecule has 5 rings (SSSR count). The first-order chi connectivity index (χ1) is 18.9. The number of hydrogen-bond donors (Lipinski definition) is 0. The molecule has 2 heterocycles. The second-order valence-electron chi connectivity index (χ2n) is 8.90. The van der Waals surface area contributed by atoms with Gasteiger partial charge in [-0.15, -0.1) is 5.56 Å². The topological polar surface area (TPSA) is 17.0 Å². The molecule has 0 saturated heterocycles. The van der Waals surface area contributed by atoms with Gasteiger partial charge in [0.05, 0.1) is 7.57 Å². The average Bonchev–Trinajstić information content (AvgIpc) is 3.25. The Hall–Kier alpha value is -3.39. The Kier molecular flexibility index (Phi) is 3.00. The van der Waals surface area contributed by atoms with Gasteiger partial charge in [-0.2, -0.15) is 0 Å². The van der Waals surface area contributed by atoms with Crippen LogP contribution in [0.15, 0.2) is 77.3 Å². The second-order valence-corrected chi connectivity index (χ2v) is 8.90. The molecule has 0 bridgehead atoms. The summed E-state index contributed by atoms with van der Waals surface area (Å²) in [5.74, 6) is 0. The summed E-state index contributed by atoms with van der Waals surface area (Å²) in [6.45, 7) is -0.319. The van der Waals surface area contributed by atoms with Crippen LogP contribution in [-0.4, -0.2) is 0 Å². The van der Waals surface area contributed by atoms with Crippen LogP contribution in [-0.2, 0) is 6.37 Å². The molecule has 0 aliphatic rings. The van der Waals surface area contributed by atoms with Crippen molar-refractivity contribution in [2.24, 2.45) is 5.41 Å². The molecule has 3 aromatic carbocycles. The van der Waals surface area contributed by atoms with Gasteiger partial charge in [-0.3, -0.25) is 4.57 Å². The Bertz CT molecular complexity index is 1790. The molecule has 0 saturated carbocycles. The van der Waals surface area contributed by atoms with Crippen LogP contribution in [0.2, 0.25) is 0 Å². The zero-order valence-electron chi connectivity index (χ0n) is 27.2. The normalized spacial score (nSPS) is 17.4.